The smallest absolute Gasteiger partial charge is 0.262 e. The van der Waals surface area contributed by atoms with Crippen LogP contribution in [0.15, 0.2) is 45.8 Å². The Morgan fingerprint density at radius 3 is 2.56 bits per heavy atom. The molecule has 2 aromatic rings. The minimum Gasteiger partial charge on any atom is -0.493 e. The summed E-state index contributed by atoms with van der Waals surface area (Å²) in [5.41, 5.74) is 1.52. The van der Waals surface area contributed by atoms with Gasteiger partial charge < -0.3 is 10.1 Å². The predicted octanol–water partition coefficient (Wildman–Crippen LogP) is 5.72. The summed E-state index contributed by atoms with van der Waals surface area (Å²) in [5.74, 6) is 2.53. The Balaban J connectivity index is 1.46. The minimum atomic E-state index is -3.84. The summed E-state index contributed by atoms with van der Waals surface area (Å²) in [4.78, 5) is 12.8. The van der Waals surface area contributed by atoms with Gasteiger partial charge in [-0.1, -0.05) is 12.5 Å². The number of ether oxygens (including phenoxy) is 1. The third kappa shape index (κ3) is 5.12. The van der Waals surface area contributed by atoms with Crippen molar-refractivity contribution in [3.05, 3.63) is 46.4 Å². The van der Waals surface area contributed by atoms with E-state index in [0.717, 1.165) is 12.3 Å². The number of anilines is 2. The fourth-order valence-electron chi connectivity index (χ4n) is 5.09. The van der Waals surface area contributed by atoms with Crippen LogP contribution in [0.1, 0.15) is 44.6 Å². The van der Waals surface area contributed by atoms with Gasteiger partial charge in [0.15, 0.2) is 0 Å². The molecule has 1 amide bonds. The second-order valence-electron chi connectivity index (χ2n) is 8.85. The molecule has 2 aliphatic carbocycles. The quantitative estimate of drug-likeness (QED) is 0.465. The topological polar surface area (TPSA) is 84.5 Å². The predicted molar refractivity (Wildman–Crippen MR) is 129 cm³/mol. The molecule has 4 rings (SSSR count). The number of hydrogen-bond acceptors (Lipinski definition) is 4. The van der Waals surface area contributed by atoms with Crippen molar-refractivity contribution < 1.29 is 17.9 Å². The first kappa shape index (κ1) is 23.1. The minimum absolute atomic E-state index is 0.0434. The summed E-state index contributed by atoms with van der Waals surface area (Å²) >= 11 is 3.41. The molecule has 8 heteroatoms. The number of nitrogens with one attached hydrogen (secondary N) is 2. The highest BCUT2D eigenvalue weighted by molar-refractivity contribution is 9.10. The Morgan fingerprint density at radius 2 is 1.91 bits per heavy atom. The SMILES string of the molecule is CCOc1ccc(NS(=O)(=O)c2cc(NC(=O)C[C@H]3C[C@H]4CC[C@H]3C4)ccc2C)cc1Br. The van der Waals surface area contributed by atoms with Crippen molar-refractivity contribution in [1.82, 2.24) is 0 Å². The van der Waals surface area contributed by atoms with Crippen molar-refractivity contribution in [1.29, 1.82) is 0 Å². The molecule has 0 spiro atoms. The van der Waals surface area contributed by atoms with E-state index in [4.69, 9.17) is 4.74 Å². The molecule has 0 saturated heterocycles. The van der Waals surface area contributed by atoms with Crippen LogP contribution in [0.3, 0.4) is 0 Å². The molecule has 2 saturated carbocycles. The van der Waals surface area contributed by atoms with Crippen LogP contribution in [0.2, 0.25) is 0 Å². The zero-order valence-corrected chi connectivity index (χ0v) is 20.8. The number of rotatable bonds is 8. The van der Waals surface area contributed by atoms with Crippen LogP contribution in [0.4, 0.5) is 11.4 Å². The third-order valence-electron chi connectivity index (χ3n) is 6.58. The monoisotopic (exact) mass is 520 g/mol. The van der Waals surface area contributed by atoms with Gasteiger partial charge >= 0.3 is 0 Å². The van der Waals surface area contributed by atoms with Crippen molar-refractivity contribution in [3.8, 4) is 5.75 Å². The maximum Gasteiger partial charge on any atom is 0.262 e. The zero-order chi connectivity index (χ0) is 22.9. The number of carbonyl (C=O) groups is 1. The molecule has 2 N–H and O–H groups in total. The van der Waals surface area contributed by atoms with Gasteiger partial charge in [0.2, 0.25) is 5.91 Å². The van der Waals surface area contributed by atoms with E-state index in [9.17, 15) is 13.2 Å². The maximum atomic E-state index is 13.1. The highest BCUT2D eigenvalue weighted by Gasteiger charge is 2.40. The first-order valence-corrected chi connectivity index (χ1v) is 13.4. The number of sulfonamides is 1. The second-order valence-corrected chi connectivity index (χ2v) is 11.4. The third-order valence-corrected chi connectivity index (χ3v) is 8.72. The van der Waals surface area contributed by atoms with E-state index in [0.29, 0.717) is 52.0 Å². The normalized spacial score (nSPS) is 22.0. The van der Waals surface area contributed by atoms with Gasteiger partial charge in [0.1, 0.15) is 5.75 Å². The molecule has 2 fully saturated rings. The van der Waals surface area contributed by atoms with Gasteiger partial charge in [0, 0.05) is 12.1 Å². The van der Waals surface area contributed by atoms with Gasteiger partial charge in [-0.2, -0.15) is 0 Å². The molecule has 0 aromatic heterocycles. The molecular formula is C24H29BrN2O4S. The fourth-order valence-corrected chi connectivity index (χ4v) is 6.91. The average Bonchev–Trinajstić information content (AvgIpc) is 3.34. The number of hydrogen-bond donors (Lipinski definition) is 2. The van der Waals surface area contributed by atoms with E-state index in [-0.39, 0.29) is 10.8 Å². The molecular weight excluding hydrogens is 492 g/mol. The van der Waals surface area contributed by atoms with Gasteiger partial charge in [0.05, 0.1) is 21.7 Å². The van der Waals surface area contributed by atoms with Crippen LogP contribution < -0.4 is 14.8 Å². The van der Waals surface area contributed by atoms with E-state index in [1.54, 1.807) is 37.3 Å². The summed E-state index contributed by atoms with van der Waals surface area (Å²) in [6.45, 7) is 4.14. The van der Waals surface area contributed by atoms with Gasteiger partial charge in [-0.15, -0.1) is 0 Å². The first-order valence-electron chi connectivity index (χ1n) is 11.1. The molecule has 6 nitrogen and oxygen atoms in total. The summed E-state index contributed by atoms with van der Waals surface area (Å²) < 4.78 is 34.9. The first-order chi connectivity index (χ1) is 15.2. The van der Waals surface area contributed by atoms with Gasteiger partial charge in [-0.25, -0.2) is 8.42 Å². The highest BCUT2D eigenvalue weighted by Crippen LogP contribution is 2.49. The summed E-state index contributed by atoms with van der Waals surface area (Å²) in [6.07, 6.45) is 5.46. The van der Waals surface area contributed by atoms with E-state index in [2.05, 4.69) is 26.0 Å². The van der Waals surface area contributed by atoms with Gasteiger partial charge in [-0.3, -0.25) is 9.52 Å². The summed E-state index contributed by atoms with van der Waals surface area (Å²) in [5, 5.41) is 2.91. The summed E-state index contributed by atoms with van der Waals surface area (Å²) in [6, 6.07) is 10.0. The lowest BCUT2D eigenvalue weighted by Gasteiger charge is -2.21. The Kier molecular flexibility index (Phi) is 6.81. The molecule has 32 heavy (non-hydrogen) atoms. The lowest BCUT2D eigenvalue weighted by Crippen LogP contribution is -2.21. The number of benzene rings is 2. The van der Waals surface area contributed by atoms with E-state index in [1.807, 2.05) is 6.92 Å². The molecule has 172 valence electrons. The number of carbonyl (C=O) groups excluding carboxylic acids is 1. The Hall–Kier alpha value is -2.06. The molecule has 3 atom stereocenters. The highest BCUT2D eigenvalue weighted by atomic mass is 79.9. The van der Waals surface area contributed by atoms with Gasteiger partial charge in [0.25, 0.3) is 10.0 Å². The van der Waals surface area contributed by atoms with Crippen molar-refractivity contribution in [2.45, 2.75) is 50.8 Å². The lowest BCUT2D eigenvalue weighted by atomic mass is 9.86. The van der Waals surface area contributed by atoms with Crippen LogP contribution in [-0.4, -0.2) is 20.9 Å². The van der Waals surface area contributed by atoms with Crippen LogP contribution in [-0.2, 0) is 14.8 Å². The second kappa shape index (κ2) is 9.43. The van der Waals surface area contributed by atoms with Crippen LogP contribution in [0.5, 0.6) is 5.75 Å². The molecule has 2 aliphatic rings. The lowest BCUT2D eigenvalue weighted by molar-refractivity contribution is -0.117. The average molecular weight is 521 g/mol. The molecule has 2 aromatic carbocycles. The molecule has 0 heterocycles. The van der Waals surface area contributed by atoms with E-state index in [1.165, 1.54) is 25.3 Å². The molecule has 2 bridgehead atoms. The van der Waals surface area contributed by atoms with E-state index < -0.39 is 10.0 Å². The van der Waals surface area contributed by atoms with Crippen LogP contribution >= 0.6 is 15.9 Å². The van der Waals surface area contributed by atoms with E-state index >= 15 is 0 Å². The fraction of sp³-hybridized carbons (Fsp3) is 0.458. The largest absolute Gasteiger partial charge is 0.493 e. The number of fused-ring (bicyclic) bond motifs is 2. The molecule has 0 unspecified atom stereocenters. The Morgan fingerprint density at radius 1 is 1.12 bits per heavy atom. The van der Waals surface area contributed by atoms with Crippen molar-refractivity contribution >= 4 is 43.2 Å². The number of amides is 1. The van der Waals surface area contributed by atoms with Crippen LogP contribution in [0, 0.1) is 24.7 Å². The Labute approximate surface area is 198 Å². The van der Waals surface area contributed by atoms with Crippen molar-refractivity contribution in [2.24, 2.45) is 17.8 Å². The van der Waals surface area contributed by atoms with Crippen molar-refractivity contribution in [2.75, 3.05) is 16.6 Å². The maximum absolute atomic E-state index is 13.1. The zero-order valence-electron chi connectivity index (χ0n) is 18.4. The van der Waals surface area contributed by atoms with Crippen molar-refractivity contribution in [3.63, 3.8) is 0 Å². The molecule has 0 aliphatic heterocycles. The number of halogens is 1. The van der Waals surface area contributed by atoms with Crippen LogP contribution in [0.25, 0.3) is 0 Å². The standard InChI is InChI=1S/C24H29BrN2O4S/c1-3-31-22-9-8-20(13-21(22)25)27-32(29,30)23-14-19(7-4-15(23)2)26-24(28)12-18-11-16-5-6-17(18)10-16/h4,7-9,13-14,16-18,27H,3,5-6,10-12H2,1-2H3,(H,26,28)/t16-,17-,18+/m0/s1. The number of aryl methyl sites for hydroxylation is 1. The van der Waals surface area contributed by atoms with Gasteiger partial charge in [-0.05, 0) is 103 Å². The molecule has 0 radical (unpaired) electrons. The Bertz CT molecular complexity index is 1120. The summed E-state index contributed by atoms with van der Waals surface area (Å²) in [7, 11) is -3.84.